The van der Waals surface area contributed by atoms with Crippen LogP contribution in [-0.4, -0.2) is 27.2 Å². The first kappa shape index (κ1) is 13.6. The second kappa shape index (κ2) is 4.72. The minimum Gasteiger partial charge on any atom is -0.377 e. The first-order valence-electron chi connectivity index (χ1n) is 6.04. The summed E-state index contributed by atoms with van der Waals surface area (Å²) >= 11 is 0. The van der Waals surface area contributed by atoms with E-state index < -0.39 is 16.5 Å². The highest BCUT2D eigenvalue weighted by molar-refractivity contribution is 7.84. The van der Waals surface area contributed by atoms with Crippen molar-refractivity contribution >= 4 is 11.0 Å². The van der Waals surface area contributed by atoms with Crippen LogP contribution in [0.2, 0.25) is 0 Å². The van der Waals surface area contributed by atoms with Crippen LogP contribution < -0.4 is 4.72 Å². The van der Waals surface area contributed by atoms with Crippen molar-refractivity contribution in [1.82, 2.24) is 9.71 Å². The average Bonchev–Trinajstić information content (AvgIpc) is 2.23. The Bertz CT molecular complexity index is 447. The molecule has 0 amide bonds. The van der Waals surface area contributed by atoms with Gasteiger partial charge in [0.2, 0.25) is 0 Å². The summed E-state index contributed by atoms with van der Waals surface area (Å²) in [5.41, 5.74) is 1.62. The Balaban J connectivity index is 2.21. The zero-order valence-electron chi connectivity index (χ0n) is 11.3. The number of ether oxygens (including phenoxy) is 1. The number of aromatic nitrogens is 1. The maximum atomic E-state index is 12.2. The van der Waals surface area contributed by atoms with Crippen LogP contribution >= 0.6 is 0 Å². The van der Waals surface area contributed by atoms with Gasteiger partial charge < -0.3 is 4.74 Å². The van der Waals surface area contributed by atoms with Crippen molar-refractivity contribution in [3.05, 3.63) is 29.6 Å². The zero-order valence-corrected chi connectivity index (χ0v) is 12.1. The first-order valence-corrected chi connectivity index (χ1v) is 7.19. The molecule has 0 aromatic carbocycles. The quantitative estimate of drug-likeness (QED) is 0.907. The van der Waals surface area contributed by atoms with Crippen molar-refractivity contribution in [2.24, 2.45) is 0 Å². The summed E-state index contributed by atoms with van der Waals surface area (Å²) in [5, 5.41) is 0. The number of hydrogen-bond acceptors (Lipinski definition) is 3. The smallest absolute Gasteiger partial charge is 0.119 e. The van der Waals surface area contributed by atoms with Crippen molar-refractivity contribution in [3.63, 3.8) is 0 Å². The van der Waals surface area contributed by atoms with Crippen LogP contribution in [0.25, 0.3) is 0 Å². The number of aryl methyl sites for hydroxylation is 1. The normalized spacial score (nSPS) is 20.2. The molecule has 18 heavy (non-hydrogen) atoms. The predicted molar refractivity (Wildman–Crippen MR) is 72.5 cm³/mol. The van der Waals surface area contributed by atoms with Crippen LogP contribution in [-0.2, 0) is 21.3 Å². The Labute approximate surface area is 111 Å². The van der Waals surface area contributed by atoms with Gasteiger partial charge in [-0.05, 0) is 39.3 Å². The van der Waals surface area contributed by atoms with Crippen LogP contribution in [0.15, 0.2) is 18.3 Å². The van der Waals surface area contributed by atoms with E-state index in [1.807, 2.05) is 46.0 Å². The molecule has 100 valence electrons. The Morgan fingerprint density at radius 3 is 2.44 bits per heavy atom. The van der Waals surface area contributed by atoms with Crippen molar-refractivity contribution in [3.8, 4) is 0 Å². The molecule has 1 aliphatic heterocycles. The third kappa shape index (κ3) is 2.63. The summed E-state index contributed by atoms with van der Waals surface area (Å²) in [4.78, 5) is 4.43. The van der Waals surface area contributed by atoms with Crippen LogP contribution in [0, 0.1) is 6.92 Å². The van der Waals surface area contributed by atoms with Gasteiger partial charge in [-0.2, -0.15) is 0 Å². The van der Waals surface area contributed by atoms with Gasteiger partial charge in [-0.25, -0.2) is 8.93 Å². The molecule has 0 radical (unpaired) electrons. The maximum Gasteiger partial charge on any atom is 0.119 e. The van der Waals surface area contributed by atoms with E-state index in [1.54, 1.807) is 0 Å². The molecule has 0 saturated carbocycles. The second-order valence-electron chi connectivity index (χ2n) is 5.78. The fraction of sp³-hybridized carbons (Fsp3) is 0.615. The molecule has 0 bridgehead atoms. The number of nitrogens with zero attached hydrogens (tertiary/aromatic N) is 1. The Morgan fingerprint density at radius 2 is 2.06 bits per heavy atom. The minimum absolute atomic E-state index is 0.298. The summed E-state index contributed by atoms with van der Waals surface area (Å²) < 4.78 is 20.4. The van der Waals surface area contributed by atoms with Gasteiger partial charge in [0.1, 0.15) is 5.54 Å². The van der Waals surface area contributed by atoms with Gasteiger partial charge in [0.05, 0.1) is 34.6 Å². The highest BCUT2D eigenvalue weighted by Gasteiger charge is 2.44. The molecule has 1 N–H and O–H groups in total. The van der Waals surface area contributed by atoms with E-state index in [0.29, 0.717) is 13.2 Å². The molecular formula is C13H20N2O2S. The maximum absolute atomic E-state index is 12.2. The summed E-state index contributed by atoms with van der Waals surface area (Å²) in [6, 6.07) is 3.99. The number of pyridine rings is 1. The van der Waals surface area contributed by atoms with Gasteiger partial charge in [0, 0.05) is 6.20 Å². The lowest BCUT2D eigenvalue weighted by Crippen LogP contribution is -2.60. The second-order valence-corrected chi connectivity index (χ2v) is 7.75. The van der Waals surface area contributed by atoms with Crippen molar-refractivity contribution in [2.45, 2.75) is 38.0 Å². The summed E-state index contributed by atoms with van der Waals surface area (Å²) in [5.74, 6) is 0. The van der Waals surface area contributed by atoms with Crippen molar-refractivity contribution in [2.75, 3.05) is 13.2 Å². The fourth-order valence-electron chi connectivity index (χ4n) is 1.65. The lowest BCUT2D eigenvalue weighted by molar-refractivity contribution is -0.0681. The summed E-state index contributed by atoms with van der Waals surface area (Å²) in [6.07, 6.45) is 1.83. The van der Waals surface area contributed by atoms with E-state index in [-0.39, 0.29) is 4.75 Å². The van der Waals surface area contributed by atoms with E-state index in [1.165, 1.54) is 0 Å². The van der Waals surface area contributed by atoms with Crippen LogP contribution in [0.3, 0.4) is 0 Å². The SMILES string of the molecule is Cc1ccc(C2(NS(=O)C(C)(C)C)COC2)nc1. The zero-order chi connectivity index (χ0) is 13.4. The number of nitrogens with one attached hydrogen (secondary N) is 1. The van der Waals surface area contributed by atoms with Crippen molar-refractivity contribution < 1.29 is 8.95 Å². The van der Waals surface area contributed by atoms with E-state index in [4.69, 9.17) is 4.74 Å². The highest BCUT2D eigenvalue weighted by Crippen LogP contribution is 2.30. The first-order chi connectivity index (χ1) is 8.33. The molecule has 5 heteroatoms. The molecule has 4 nitrogen and oxygen atoms in total. The monoisotopic (exact) mass is 268 g/mol. The Morgan fingerprint density at radius 1 is 1.39 bits per heavy atom. The molecule has 1 aromatic heterocycles. The van der Waals surface area contributed by atoms with Gasteiger partial charge in [-0.3, -0.25) is 4.98 Å². The molecule has 1 atom stereocenters. The molecule has 2 rings (SSSR count). The molecule has 0 aliphatic carbocycles. The third-order valence-electron chi connectivity index (χ3n) is 2.94. The van der Waals surface area contributed by atoms with E-state index in [9.17, 15) is 4.21 Å². The molecular weight excluding hydrogens is 248 g/mol. The lowest BCUT2D eigenvalue weighted by Gasteiger charge is -2.42. The molecule has 1 aliphatic rings. The molecule has 1 saturated heterocycles. The average molecular weight is 268 g/mol. The Hall–Kier alpha value is -0.780. The molecule has 1 fully saturated rings. The highest BCUT2D eigenvalue weighted by atomic mass is 32.2. The van der Waals surface area contributed by atoms with Crippen molar-refractivity contribution in [1.29, 1.82) is 0 Å². The van der Waals surface area contributed by atoms with E-state index >= 15 is 0 Å². The van der Waals surface area contributed by atoms with Crippen LogP contribution in [0.1, 0.15) is 32.0 Å². The van der Waals surface area contributed by atoms with Gasteiger partial charge in [0.15, 0.2) is 0 Å². The fourth-order valence-corrected chi connectivity index (χ4v) is 2.53. The van der Waals surface area contributed by atoms with E-state index in [2.05, 4.69) is 9.71 Å². The van der Waals surface area contributed by atoms with Crippen LogP contribution in [0.4, 0.5) is 0 Å². The van der Waals surface area contributed by atoms with Crippen LogP contribution in [0.5, 0.6) is 0 Å². The van der Waals surface area contributed by atoms with Gasteiger partial charge in [-0.1, -0.05) is 6.07 Å². The number of hydrogen-bond donors (Lipinski definition) is 1. The lowest BCUT2D eigenvalue weighted by atomic mass is 9.94. The summed E-state index contributed by atoms with van der Waals surface area (Å²) in [7, 11) is -1.13. The number of rotatable bonds is 3. The van der Waals surface area contributed by atoms with E-state index in [0.717, 1.165) is 11.3 Å². The largest absolute Gasteiger partial charge is 0.377 e. The minimum atomic E-state index is -1.13. The van der Waals surface area contributed by atoms with Gasteiger partial charge in [-0.15, -0.1) is 0 Å². The standard InChI is InChI=1S/C13H20N2O2S/c1-10-5-6-11(14-7-10)13(8-17-9-13)15-18(16)12(2,3)4/h5-7,15H,8-9H2,1-4H3. The topological polar surface area (TPSA) is 51.2 Å². The Kier molecular flexibility index (Phi) is 3.58. The van der Waals surface area contributed by atoms with Gasteiger partial charge in [0.25, 0.3) is 0 Å². The molecule has 2 heterocycles. The predicted octanol–water partition coefficient (Wildman–Crippen LogP) is 1.67. The van der Waals surface area contributed by atoms with Gasteiger partial charge >= 0.3 is 0 Å². The molecule has 1 aromatic rings. The summed E-state index contributed by atoms with van der Waals surface area (Å²) in [6.45, 7) is 8.89. The molecule has 0 spiro atoms. The molecule has 1 unspecified atom stereocenters. The third-order valence-corrected chi connectivity index (χ3v) is 4.63.